The minimum atomic E-state index is 1.08. The molecule has 0 aromatic carbocycles. The van der Waals surface area contributed by atoms with E-state index in [1.165, 1.54) is 6.42 Å². The number of allylic oxidation sites excluding steroid dienone is 1. The summed E-state index contributed by atoms with van der Waals surface area (Å²) in [6.07, 6.45) is 4.21. The minimum Gasteiger partial charge on any atom is -0.103 e. The zero-order valence-corrected chi connectivity index (χ0v) is 7.70. The van der Waals surface area contributed by atoms with Crippen LogP contribution in [0.15, 0.2) is 12.7 Å². The molecule has 0 bridgehead atoms. The van der Waals surface area contributed by atoms with E-state index >= 15 is 0 Å². The first-order valence-corrected chi connectivity index (χ1v) is 3.94. The average Bonchev–Trinajstić information content (AvgIpc) is 1.94. The summed E-state index contributed by atoms with van der Waals surface area (Å²) in [7, 11) is 0. The van der Waals surface area contributed by atoms with Gasteiger partial charge in [-0.15, -0.1) is 6.58 Å². The molecular formula is C9H22. The van der Waals surface area contributed by atoms with E-state index in [2.05, 4.69) is 27.4 Å². The van der Waals surface area contributed by atoms with Crippen LogP contribution in [0.3, 0.4) is 0 Å². The Hall–Kier alpha value is -0.260. The first-order valence-electron chi connectivity index (χ1n) is 3.94. The monoisotopic (exact) mass is 130 g/mol. The fourth-order valence-electron chi connectivity index (χ4n) is 0. The van der Waals surface area contributed by atoms with E-state index in [9.17, 15) is 0 Å². The van der Waals surface area contributed by atoms with Gasteiger partial charge in [-0.1, -0.05) is 47.1 Å². The highest BCUT2D eigenvalue weighted by Gasteiger charge is 1.45. The molecule has 9 heavy (non-hydrogen) atoms. The van der Waals surface area contributed by atoms with E-state index in [1.54, 1.807) is 0 Å². The molecule has 0 nitrogen and oxygen atoms in total. The molecular weight excluding hydrogens is 108 g/mol. The van der Waals surface area contributed by atoms with E-state index in [0.717, 1.165) is 6.42 Å². The predicted octanol–water partition coefficient (Wildman–Crippen LogP) is 4.02. The second-order valence-corrected chi connectivity index (χ2v) is 1.40. The van der Waals surface area contributed by atoms with Gasteiger partial charge in [0.15, 0.2) is 0 Å². The molecule has 0 aliphatic heterocycles. The summed E-state index contributed by atoms with van der Waals surface area (Å²) in [5, 5.41) is 0. The summed E-state index contributed by atoms with van der Waals surface area (Å²) in [6, 6.07) is 0. The third-order valence-electron chi connectivity index (χ3n) is 0.289. The van der Waals surface area contributed by atoms with Gasteiger partial charge in [-0.3, -0.25) is 0 Å². The van der Waals surface area contributed by atoms with Crippen molar-refractivity contribution in [3.63, 3.8) is 0 Å². The first-order chi connectivity index (χ1) is 4.33. The standard InChI is InChI=1S/C4H8.C3H8.C2H6/c1-3-4-2;1-3-2;1-2/h3H,1,4H2,2H3;3H2,1-2H3;1-2H3. The molecule has 0 amide bonds. The van der Waals surface area contributed by atoms with Gasteiger partial charge in [-0.2, -0.15) is 0 Å². The molecule has 0 saturated carbocycles. The molecule has 0 N–H and O–H groups in total. The maximum atomic E-state index is 3.48. The Morgan fingerprint density at radius 1 is 1.11 bits per heavy atom. The van der Waals surface area contributed by atoms with Crippen LogP contribution in [0.1, 0.15) is 47.5 Å². The summed E-state index contributed by atoms with van der Waals surface area (Å²) >= 11 is 0. The Morgan fingerprint density at radius 2 is 1.22 bits per heavy atom. The Bertz CT molecular complexity index is 21.2. The second-order valence-electron chi connectivity index (χ2n) is 1.40. The molecule has 0 aromatic rings. The minimum absolute atomic E-state index is 1.08. The summed E-state index contributed by atoms with van der Waals surface area (Å²) in [5.41, 5.74) is 0. The van der Waals surface area contributed by atoms with Gasteiger partial charge in [0.1, 0.15) is 0 Å². The Balaban J connectivity index is -0.0000000646. The highest BCUT2D eigenvalue weighted by molar-refractivity contribution is 4.60. The van der Waals surface area contributed by atoms with Crippen molar-refractivity contribution in [3.05, 3.63) is 12.7 Å². The molecule has 0 heterocycles. The molecule has 0 saturated heterocycles. The van der Waals surface area contributed by atoms with Crippen molar-refractivity contribution < 1.29 is 0 Å². The normalized spacial score (nSPS) is 5.44. The lowest BCUT2D eigenvalue weighted by Gasteiger charge is -1.57. The number of hydrogen-bond donors (Lipinski definition) is 0. The van der Waals surface area contributed by atoms with Crippen molar-refractivity contribution in [2.45, 2.75) is 47.5 Å². The van der Waals surface area contributed by atoms with Crippen LogP contribution in [0.2, 0.25) is 0 Å². The van der Waals surface area contributed by atoms with Gasteiger partial charge in [0.25, 0.3) is 0 Å². The van der Waals surface area contributed by atoms with Crippen LogP contribution < -0.4 is 0 Å². The Labute approximate surface area is 61.0 Å². The van der Waals surface area contributed by atoms with Crippen molar-refractivity contribution in [1.82, 2.24) is 0 Å². The van der Waals surface area contributed by atoms with Gasteiger partial charge < -0.3 is 0 Å². The number of rotatable bonds is 1. The molecule has 0 atom stereocenters. The lowest BCUT2D eigenvalue weighted by molar-refractivity contribution is 1.09. The van der Waals surface area contributed by atoms with Crippen LogP contribution in [-0.2, 0) is 0 Å². The fourth-order valence-corrected chi connectivity index (χ4v) is 0. The fraction of sp³-hybridized carbons (Fsp3) is 0.778. The second kappa shape index (κ2) is 46.8. The van der Waals surface area contributed by atoms with Gasteiger partial charge in [0.05, 0.1) is 0 Å². The molecule has 0 heteroatoms. The van der Waals surface area contributed by atoms with Gasteiger partial charge >= 0.3 is 0 Å². The molecule has 0 spiro atoms. The molecule has 0 fully saturated rings. The van der Waals surface area contributed by atoms with Crippen LogP contribution in [-0.4, -0.2) is 0 Å². The molecule has 0 rings (SSSR count). The van der Waals surface area contributed by atoms with Crippen molar-refractivity contribution in [3.8, 4) is 0 Å². The molecule has 0 radical (unpaired) electrons. The first kappa shape index (κ1) is 15.9. The lowest BCUT2D eigenvalue weighted by atomic mass is 10.5. The van der Waals surface area contributed by atoms with E-state index in [1.807, 2.05) is 19.9 Å². The Morgan fingerprint density at radius 3 is 1.22 bits per heavy atom. The van der Waals surface area contributed by atoms with Crippen molar-refractivity contribution in [2.75, 3.05) is 0 Å². The van der Waals surface area contributed by atoms with Crippen LogP contribution in [0.4, 0.5) is 0 Å². The van der Waals surface area contributed by atoms with E-state index in [-0.39, 0.29) is 0 Å². The molecule has 58 valence electrons. The van der Waals surface area contributed by atoms with Gasteiger partial charge in [0.2, 0.25) is 0 Å². The summed E-state index contributed by atoms with van der Waals surface area (Å²) < 4.78 is 0. The largest absolute Gasteiger partial charge is 0.103 e. The highest BCUT2D eigenvalue weighted by Crippen LogP contribution is 1.66. The average molecular weight is 130 g/mol. The third kappa shape index (κ3) is 466. The zero-order chi connectivity index (χ0) is 8.12. The molecule has 0 aliphatic rings. The van der Waals surface area contributed by atoms with E-state index < -0.39 is 0 Å². The maximum absolute atomic E-state index is 3.48. The summed E-state index contributed by atoms with van der Waals surface area (Å²) in [4.78, 5) is 0. The number of hydrogen-bond acceptors (Lipinski definition) is 0. The van der Waals surface area contributed by atoms with Crippen molar-refractivity contribution in [2.24, 2.45) is 0 Å². The molecule has 0 aromatic heterocycles. The summed E-state index contributed by atoms with van der Waals surface area (Å²) in [6.45, 7) is 13.8. The quantitative estimate of drug-likeness (QED) is 0.470. The van der Waals surface area contributed by atoms with Gasteiger partial charge in [-0.25, -0.2) is 0 Å². The maximum Gasteiger partial charge on any atom is -0.0382 e. The Kier molecular flexibility index (Phi) is 82.7. The van der Waals surface area contributed by atoms with E-state index in [4.69, 9.17) is 0 Å². The van der Waals surface area contributed by atoms with Crippen molar-refractivity contribution >= 4 is 0 Å². The molecule has 0 unspecified atom stereocenters. The third-order valence-corrected chi connectivity index (χ3v) is 0.289. The van der Waals surface area contributed by atoms with Crippen LogP contribution in [0, 0.1) is 0 Å². The smallest absolute Gasteiger partial charge is 0.0382 e. The predicted molar refractivity (Wildman–Crippen MR) is 47.8 cm³/mol. The van der Waals surface area contributed by atoms with Crippen molar-refractivity contribution in [1.29, 1.82) is 0 Å². The molecule has 0 aliphatic carbocycles. The summed E-state index contributed by atoms with van der Waals surface area (Å²) in [5.74, 6) is 0. The van der Waals surface area contributed by atoms with Crippen LogP contribution in [0.25, 0.3) is 0 Å². The van der Waals surface area contributed by atoms with Crippen LogP contribution >= 0.6 is 0 Å². The van der Waals surface area contributed by atoms with Gasteiger partial charge in [0, 0.05) is 0 Å². The van der Waals surface area contributed by atoms with Crippen LogP contribution in [0.5, 0.6) is 0 Å². The highest BCUT2D eigenvalue weighted by atomic mass is 13.5. The zero-order valence-electron chi connectivity index (χ0n) is 7.70. The van der Waals surface area contributed by atoms with E-state index in [0.29, 0.717) is 0 Å². The van der Waals surface area contributed by atoms with Gasteiger partial charge in [-0.05, 0) is 6.42 Å². The topological polar surface area (TPSA) is 0 Å². The SMILES string of the molecule is C=CCC.CC.CCC. The lowest BCUT2D eigenvalue weighted by Crippen LogP contribution is -1.36.